The van der Waals surface area contributed by atoms with Crippen LogP contribution in [0.4, 0.5) is 0 Å². The van der Waals surface area contributed by atoms with Gasteiger partial charge in [0.2, 0.25) is 0 Å². The van der Waals surface area contributed by atoms with Crippen molar-refractivity contribution in [3.63, 3.8) is 0 Å². The van der Waals surface area contributed by atoms with Crippen molar-refractivity contribution in [2.45, 2.75) is 19.4 Å². The number of pyridine rings is 1. The van der Waals surface area contributed by atoms with E-state index in [1.54, 1.807) is 17.8 Å². The van der Waals surface area contributed by atoms with E-state index in [-0.39, 0.29) is 5.91 Å². The number of hydrogen-bond donors (Lipinski definition) is 1. The van der Waals surface area contributed by atoms with Gasteiger partial charge in [0.05, 0.1) is 18.2 Å². The van der Waals surface area contributed by atoms with Crippen molar-refractivity contribution in [1.29, 1.82) is 0 Å². The molecule has 5 nitrogen and oxygen atoms in total. The number of esters is 1. The van der Waals surface area contributed by atoms with E-state index >= 15 is 0 Å². The zero-order chi connectivity index (χ0) is 16.8. The number of nitrogens with zero attached hydrogens (tertiary/aromatic N) is 1. The topological polar surface area (TPSA) is 68.3 Å². The van der Waals surface area contributed by atoms with Gasteiger partial charge >= 0.3 is 5.97 Å². The fraction of sp³-hybridized carbons (Fsp3) is 0.353. The summed E-state index contributed by atoms with van der Waals surface area (Å²) in [6, 6.07) is 8.55. The maximum atomic E-state index is 12.7. The van der Waals surface area contributed by atoms with E-state index in [9.17, 15) is 9.59 Å². The van der Waals surface area contributed by atoms with Crippen LogP contribution in [0.25, 0.3) is 10.9 Å². The summed E-state index contributed by atoms with van der Waals surface area (Å²) < 4.78 is 4.78. The van der Waals surface area contributed by atoms with Gasteiger partial charge in [-0.3, -0.25) is 9.78 Å². The standard InChI is InChI=1S/C17H20N2O3S/c1-11-10-13(12-6-4-5-7-14(12)18-11)16(20)19-15(8-9-23-3)17(21)22-2/h4-7,10,15H,8-9H2,1-3H3,(H,19,20). The van der Waals surface area contributed by atoms with Crippen LogP contribution in [-0.4, -0.2) is 42.0 Å². The fourth-order valence-corrected chi connectivity index (χ4v) is 2.83. The van der Waals surface area contributed by atoms with Gasteiger partial charge in [-0.2, -0.15) is 11.8 Å². The highest BCUT2D eigenvalue weighted by molar-refractivity contribution is 7.98. The second kappa shape index (κ2) is 7.97. The Bertz CT molecular complexity index is 718. The smallest absolute Gasteiger partial charge is 0.328 e. The van der Waals surface area contributed by atoms with Gasteiger partial charge in [0.15, 0.2) is 0 Å². The lowest BCUT2D eigenvalue weighted by molar-refractivity contribution is -0.142. The number of para-hydroxylation sites is 1. The largest absolute Gasteiger partial charge is 0.467 e. The predicted molar refractivity (Wildman–Crippen MR) is 92.7 cm³/mol. The number of nitrogens with one attached hydrogen (secondary N) is 1. The summed E-state index contributed by atoms with van der Waals surface area (Å²) in [5, 5.41) is 3.55. The summed E-state index contributed by atoms with van der Waals surface area (Å²) in [4.78, 5) is 28.9. The van der Waals surface area contributed by atoms with Crippen LogP contribution in [0.15, 0.2) is 30.3 Å². The summed E-state index contributed by atoms with van der Waals surface area (Å²) in [7, 11) is 1.33. The molecule has 1 atom stereocenters. The number of fused-ring (bicyclic) bond motifs is 1. The first kappa shape index (κ1) is 17.3. The molecule has 6 heteroatoms. The lowest BCUT2D eigenvalue weighted by Gasteiger charge is -2.17. The second-order valence-corrected chi connectivity index (χ2v) is 6.14. The molecule has 1 heterocycles. The number of amides is 1. The average Bonchev–Trinajstić information content (AvgIpc) is 2.56. The van der Waals surface area contributed by atoms with Crippen molar-refractivity contribution < 1.29 is 14.3 Å². The number of carbonyl (C=O) groups is 2. The third-order valence-electron chi connectivity index (χ3n) is 3.49. The molecular weight excluding hydrogens is 312 g/mol. The summed E-state index contributed by atoms with van der Waals surface area (Å²) in [5.74, 6) is 0.0431. The minimum Gasteiger partial charge on any atom is -0.467 e. The van der Waals surface area contributed by atoms with Crippen LogP contribution >= 0.6 is 11.8 Å². The Hall–Kier alpha value is -2.08. The monoisotopic (exact) mass is 332 g/mol. The molecule has 0 aliphatic carbocycles. The Morgan fingerprint density at radius 2 is 2.09 bits per heavy atom. The normalized spacial score (nSPS) is 12.0. The molecule has 1 aromatic heterocycles. The molecule has 1 N–H and O–H groups in total. The Labute approximate surface area is 139 Å². The lowest BCUT2D eigenvalue weighted by Crippen LogP contribution is -2.42. The molecule has 0 saturated carbocycles. The van der Waals surface area contributed by atoms with Crippen LogP contribution in [0, 0.1) is 6.92 Å². The minimum atomic E-state index is -0.646. The molecule has 1 aromatic carbocycles. The minimum absolute atomic E-state index is 0.289. The van der Waals surface area contributed by atoms with Crippen LogP contribution in [0.2, 0.25) is 0 Å². The number of hydrogen-bond acceptors (Lipinski definition) is 5. The van der Waals surface area contributed by atoms with Crippen LogP contribution in [0.3, 0.4) is 0 Å². The lowest BCUT2D eigenvalue weighted by atomic mass is 10.1. The Kier molecular flexibility index (Phi) is 5.98. The molecule has 122 valence electrons. The molecule has 1 unspecified atom stereocenters. The molecule has 0 aliphatic rings. The average molecular weight is 332 g/mol. The fourth-order valence-electron chi connectivity index (χ4n) is 2.36. The highest BCUT2D eigenvalue weighted by atomic mass is 32.2. The molecule has 0 saturated heterocycles. The molecule has 23 heavy (non-hydrogen) atoms. The first-order valence-electron chi connectivity index (χ1n) is 7.31. The maximum absolute atomic E-state index is 12.7. The molecule has 2 rings (SSSR count). The maximum Gasteiger partial charge on any atom is 0.328 e. The third kappa shape index (κ3) is 4.22. The van der Waals surface area contributed by atoms with Gasteiger partial charge in [-0.05, 0) is 37.5 Å². The van der Waals surface area contributed by atoms with E-state index in [2.05, 4.69) is 10.3 Å². The van der Waals surface area contributed by atoms with E-state index in [4.69, 9.17) is 4.74 Å². The van der Waals surface area contributed by atoms with Gasteiger partial charge in [0.25, 0.3) is 5.91 Å². The zero-order valence-corrected chi connectivity index (χ0v) is 14.3. The van der Waals surface area contributed by atoms with Crippen molar-refractivity contribution in [1.82, 2.24) is 10.3 Å². The summed E-state index contributed by atoms with van der Waals surface area (Å²) >= 11 is 1.62. The second-order valence-electron chi connectivity index (χ2n) is 5.16. The number of thioether (sulfide) groups is 1. The van der Waals surface area contributed by atoms with Crippen molar-refractivity contribution in [3.05, 3.63) is 41.6 Å². The zero-order valence-electron chi connectivity index (χ0n) is 13.5. The van der Waals surface area contributed by atoms with Crippen LogP contribution in [-0.2, 0) is 9.53 Å². The van der Waals surface area contributed by atoms with Gasteiger partial charge < -0.3 is 10.1 Å². The number of carbonyl (C=O) groups excluding carboxylic acids is 2. The van der Waals surface area contributed by atoms with E-state index in [1.807, 2.05) is 37.4 Å². The molecule has 0 spiro atoms. The Balaban J connectivity index is 2.30. The van der Waals surface area contributed by atoms with Crippen molar-refractivity contribution in [2.75, 3.05) is 19.1 Å². The van der Waals surface area contributed by atoms with Crippen molar-refractivity contribution >= 4 is 34.5 Å². The van der Waals surface area contributed by atoms with Crippen molar-refractivity contribution in [2.24, 2.45) is 0 Å². The number of aromatic nitrogens is 1. The molecule has 0 fully saturated rings. The Morgan fingerprint density at radius 3 is 2.78 bits per heavy atom. The van der Waals surface area contributed by atoms with Gasteiger partial charge in [-0.25, -0.2) is 4.79 Å². The quantitative estimate of drug-likeness (QED) is 0.824. The highest BCUT2D eigenvalue weighted by Gasteiger charge is 2.22. The van der Waals surface area contributed by atoms with Gasteiger partial charge in [0, 0.05) is 11.1 Å². The number of aryl methyl sites for hydroxylation is 1. The molecule has 2 aromatic rings. The number of ether oxygens (including phenoxy) is 1. The van der Waals surface area contributed by atoms with E-state index in [0.717, 1.165) is 22.3 Å². The molecule has 0 bridgehead atoms. The molecule has 1 amide bonds. The van der Waals surface area contributed by atoms with E-state index in [0.29, 0.717) is 12.0 Å². The van der Waals surface area contributed by atoms with Gasteiger partial charge in [0.1, 0.15) is 6.04 Å². The van der Waals surface area contributed by atoms with E-state index < -0.39 is 12.0 Å². The molecule has 0 aliphatic heterocycles. The van der Waals surface area contributed by atoms with Crippen LogP contribution in [0.1, 0.15) is 22.5 Å². The van der Waals surface area contributed by atoms with Crippen LogP contribution in [0.5, 0.6) is 0 Å². The third-order valence-corrected chi connectivity index (χ3v) is 4.13. The number of methoxy groups -OCH3 is 1. The van der Waals surface area contributed by atoms with Crippen molar-refractivity contribution in [3.8, 4) is 0 Å². The number of benzene rings is 1. The summed E-state index contributed by atoms with van der Waals surface area (Å²) in [5.41, 5.74) is 2.04. The first-order valence-corrected chi connectivity index (χ1v) is 8.70. The van der Waals surface area contributed by atoms with Gasteiger partial charge in [-0.15, -0.1) is 0 Å². The predicted octanol–water partition coefficient (Wildman–Crippen LogP) is 2.57. The Morgan fingerprint density at radius 1 is 1.35 bits per heavy atom. The van der Waals surface area contributed by atoms with Gasteiger partial charge in [-0.1, -0.05) is 18.2 Å². The molecule has 0 radical (unpaired) electrons. The van der Waals surface area contributed by atoms with Crippen LogP contribution < -0.4 is 5.32 Å². The SMILES string of the molecule is COC(=O)C(CCSC)NC(=O)c1cc(C)nc2ccccc12. The van der Waals surface area contributed by atoms with E-state index in [1.165, 1.54) is 7.11 Å². The number of rotatable bonds is 6. The summed E-state index contributed by atoms with van der Waals surface area (Å²) in [6.45, 7) is 1.84. The highest BCUT2D eigenvalue weighted by Crippen LogP contribution is 2.18. The molecular formula is C17H20N2O3S. The first-order chi connectivity index (χ1) is 11.1. The summed E-state index contributed by atoms with van der Waals surface area (Å²) in [6.07, 6.45) is 2.48.